The SMILES string of the molecule is c1ccc2c(c1)Oc1cc(-c3ccc4c(c3)c3ccccc3n4-c3cccc4c3oc3ccccc34)ccc1N2c1ccc2ccccc2c1. The summed E-state index contributed by atoms with van der Waals surface area (Å²) in [5, 5.41) is 7.06. The van der Waals surface area contributed by atoms with Crippen LogP contribution in [0.25, 0.3) is 71.3 Å². The fraction of sp³-hybridized carbons (Fsp3) is 0. The van der Waals surface area contributed by atoms with Crippen LogP contribution in [0.2, 0.25) is 0 Å². The molecule has 0 radical (unpaired) electrons. The minimum absolute atomic E-state index is 0.827. The van der Waals surface area contributed by atoms with Gasteiger partial charge in [-0.1, -0.05) is 103 Å². The molecule has 0 saturated carbocycles. The molecule has 50 heavy (non-hydrogen) atoms. The standard InChI is InChI=1S/C46H28N2O2/c1-2-11-30-26-33(23-20-29(30)10-1)47-40-16-6-8-19-44(40)49-45-28-32(22-25-41(45)47)31-21-24-39-37(27-31)34-12-3-5-15-38(34)48(39)42-17-9-14-36-35-13-4-7-18-43(35)50-46(36)42/h1-28H. The van der Waals surface area contributed by atoms with Gasteiger partial charge in [-0.3, -0.25) is 0 Å². The zero-order valence-electron chi connectivity index (χ0n) is 26.9. The summed E-state index contributed by atoms with van der Waals surface area (Å²) in [6.45, 7) is 0. The Labute approximate surface area is 287 Å². The molecule has 0 aliphatic carbocycles. The Morgan fingerprint density at radius 1 is 0.400 bits per heavy atom. The smallest absolute Gasteiger partial charge is 0.159 e. The first-order chi connectivity index (χ1) is 24.8. The van der Waals surface area contributed by atoms with Crippen molar-refractivity contribution in [3.05, 3.63) is 170 Å². The number of nitrogens with zero attached hydrogens (tertiary/aromatic N) is 2. The summed E-state index contributed by atoms with van der Waals surface area (Å²) >= 11 is 0. The monoisotopic (exact) mass is 640 g/mol. The van der Waals surface area contributed by atoms with Crippen LogP contribution in [-0.2, 0) is 0 Å². The third-order valence-corrected chi connectivity index (χ3v) is 10.1. The van der Waals surface area contributed by atoms with Gasteiger partial charge in [0.2, 0.25) is 0 Å². The number of hydrogen-bond acceptors (Lipinski definition) is 3. The van der Waals surface area contributed by atoms with Crippen molar-refractivity contribution in [1.82, 2.24) is 4.57 Å². The van der Waals surface area contributed by atoms with Gasteiger partial charge in [-0.2, -0.15) is 0 Å². The molecule has 0 spiro atoms. The van der Waals surface area contributed by atoms with Crippen LogP contribution in [-0.4, -0.2) is 4.57 Å². The minimum Gasteiger partial charge on any atom is -0.454 e. The van der Waals surface area contributed by atoms with E-state index in [1.807, 2.05) is 24.3 Å². The summed E-state index contributed by atoms with van der Waals surface area (Å²) in [6, 6.07) is 60.1. The largest absolute Gasteiger partial charge is 0.454 e. The Morgan fingerprint density at radius 3 is 2.06 bits per heavy atom. The maximum absolute atomic E-state index is 6.61. The van der Waals surface area contributed by atoms with Crippen molar-refractivity contribution in [2.75, 3.05) is 4.90 Å². The van der Waals surface area contributed by atoms with Crippen LogP contribution in [0.5, 0.6) is 11.5 Å². The molecule has 0 bridgehead atoms. The van der Waals surface area contributed by atoms with Crippen molar-refractivity contribution in [3.63, 3.8) is 0 Å². The predicted octanol–water partition coefficient (Wildman–Crippen LogP) is 13.1. The number of fused-ring (bicyclic) bond motifs is 9. The van der Waals surface area contributed by atoms with E-state index in [4.69, 9.17) is 9.15 Å². The molecule has 2 aromatic heterocycles. The van der Waals surface area contributed by atoms with Crippen LogP contribution in [0.1, 0.15) is 0 Å². The predicted molar refractivity (Wildman–Crippen MR) is 206 cm³/mol. The highest BCUT2D eigenvalue weighted by Crippen LogP contribution is 2.51. The minimum atomic E-state index is 0.827. The Bertz CT molecular complexity index is 2990. The van der Waals surface area contributed by atoms with Crippen molar-refractivity contribution >= 4 is 71.6 Å². The van der Waals surface area contributed by atoms with E-state index in [2.05, 4.69) is 155 Å². The normalized spacial score (nSPS) is 12.5. The lowest BCUT2D eigenvalue weighted by molar-refractivity contribution is 0.477. The molecule has 8 aromatic carbocycles. The van der Waals surface area contributed by atoms with Gasteiger partial charge in [-0.15, -0.1) is 0 Å². The first kappa shape index (κ1) is 27.2. The molecule has 0 atom stereocenters. The van der Waals surface area contributed by atoms with Crippen molar-refractivity contribution in [2.24, 2.45) is 0 Å². The first-order valence-electron chi connectivity index (χ1n) is 16.9. The van der Waals surface area contributed by atoms with Crippen molar-refractivity contribution < 1.29 is 9.15 Å². The number of aromatic nitrogens is 1. The summed E-state index contributed by atoms with van der Waals surface area (Å²) in [4.78, 5) is 2.31. The lowest BCUT2D eigenvalue weighted by Crippen LogP contribution is -2.15. The van der Waals surface area contributed by atoms with Crippen LogP contribution in [0, 0.1) is 0 Å². The first-order valence-corrected chi connectivity index (χ1v) is 16.9. The summed E-state index contributed by atoms with van der Waals surface area (Å²) in [7, 11) is 0. The second-order valence-electron chi connectivity index (χ2n) is 13.0. The maximum Gasteiger partial charge on any atom is 0.159 e. The van der Waals surface area contributed by atoms with E-state index in [0.717, 1.165) is 78.3 Å². The molecule has 0 saturated heterocycles. The van der Waals surface area contributed by atoms with E-state index in [-0.39, 0.29) is 0 Å². The Kier molecular flexibility index (Phi) is 5.63. The Balaban J connectivity index is 1.07. The van der Waals surface area contributed by atoms with E-state index < -0.39 is 0 Å². The van der Waals surface area contributed by atoms with Gasteiger partial charge in [-0.25, -0.2) is 0 Å². The summed E-state index contributed by atoms with van der Waals surface area (Å²) in [5.41, 5.74) is 10.5. The van der Waals surface area contributed by atoms with Crippen LogP contribution < -0.4 is 9.64 Å². The molecule has 10 aromatic rings. The topological polar surface area (TPSA) is 30.5 Å². The van der Waals surface area contributed by atoms with E-state index >= 15 is 0 Å². The molecule has 0 amide bonds. The average molecular weight is 641 g/mol. The van der Waals surface area contributed by atoms with Crippen LogP contribution >= 0.6 is 0 Å². The van der Waals surface area contributed by atoms with Crippen molar-refractivity contribution in [2.45, 2.75) is 0 Å². The highest BCUT2D eigenvalue weighted by Gasteiger charge is 2.26. The number of anilines is 3. The molecule has 4 heteroatoms. The van der Waals surface area contributed by atoms with Crippen LogP contribution in [0.3, 0.4) is 0 Å². The Hall–Kier alpha value is -6.78. The second kappa shape index (κ2) is 10.4. The zero-order valence-corrected chi connectivity index (χ0v) is 26.9. The molecule has 11 rings (SSSR count). The molecule has 234 valence electrons. The number of ether oxygens (including phenoxy) is 1. The number of para-hydroxylation sites is 5. The van der Waals surface area contributed by atoms with Crippen LogP contribution in [0.4, 0.5) is 17.1 Å². The molecule has 0 N–H and O–H groups in total. The molecule has 1 aliphatic rings. The van der Waals surface area contributed by atoms with Gasteiger partial charge in [0.25, 0.3) is 0 Å². The molecular weight excluding hydrogens is 613 g/mol. The quantitative estimate of drug-likeness (QED) is 0.192. The lowest BCUT2D eigenvalue weighted by atomic mass is 10.0. The maximum atomic E-state index is 6.61. The fourth-order valence-corrected chi connectivity index (χ4v) is 7.85. The van der Waals surface area contributed by atoms with E-state index in [1.165, 1.54) is 21.5 Å². The van der Waals surface area contributed by atoms with E-state index in [9.17, 15) is 0 Å². The molecule has 0 unspecified atom stereocenters. The summed E-state index contributed by atoms with van der Waals surface area (Å²) in [5.74, 6) is 1.66. The van der Waals surface area contributed by atoms with Gasteiger partial charge in [0, 0.05) is 27.2 Å². The van der Waals surface area contributed by atoms with Gasteiger partial charge >= 0.3 is 0 Å². The van der Waals surface area contributed by atoms with Crippen molar-refractivity contribution in [3.8, 4) is 28.3 Å². The van der Waals surface area contributed by atoms with E-state index in [0.29, 0.717) is 0 Å². The number of furan rings is 1. The Morgan fingerprint density at radius 2 is 1.10 bits per heavy atom. The second-order valence-corrected chi connectivity index (χ2v) is 13.0. The van der Waals surface area contributed by atoms with Crippen LogP contribution in [0.15, 0.2) is 174 Å². The lowest BCUT2D eigenvalue weighted by Gasteiger charge is -2.33. The molecule has 0 fully saturated rings. The van der Waals surface area contributed by atoms with Gasteiger partial charge < -0.3 is 18.6 Å². The van der Waals surface area contributed by atoms with Gasteiger partial charge in [0.05, 0.1) is 28.1 Å². The van der Waals surface area contributed by atoms with E-state index in [1.54, 1.807) is 0 Å². The summed E-state index contributed by atoms with van der Waals surface area (Å²) in [6.07, 6.45) is 0. The van der Waals surface area contributed by atoms with Crippen molar-refractivity contribution in [1.29, 1.82) is 0 Å². The molecule has 1 aliphatic heterocycles. The summed E-state index contributed by atoms with van der Waals surface area (Å²) < 4.78 is 15.4. The zero-order chi connectivity index (χ0) is 32.8. The van der Waals surface area contributed by atoms with Gasteiger partial charge in [-0.05, 0) is 88.6 Å². The third kappa shape index (κ3) is 3.93. The highest BCUT2D eigenvalue weighted by molar-refractivity contribution is 6.13. The van der Waals surface area contributed by atoms with Gasteiger partial charge in [0.15, 0.2) is 17.1 Å². The third-order valence-electron chi connectivity index (χ3n) is 10.1. The number of benzene rings is 8. The highest BCUT2D eigenvalue weighted by atomic mass is 16.5. The molecular formula is C46H28N2O2. The number of rotatable bonds is 3. The molecule has 3 heterocycles. The molecule has 4 nitrogen and oxygen atoms in total. The average Bonchev–Trinajstić information content (AvgIpc) is 3.72. The number of hydrogen-bond donors (Lipinski definition) is 0. The fourth-order valence-electron chi connectivity index (χ4n) is 7.85. The van der Waals surface area contributed by atoms with Gasteiger partial charge in [0.1, 0.15) is 5.58 Å².